The summed E-state index contributed by atoms with van der Waals surface area (Å²) in [5, 5.41) is 2.96. The molecule has 1 aliphatic rings. The molecule has 0 bridgehead atoms. The summed E-state index contributed by atoms with van der Waals surface area (Å²) in [5.74, 6) is 3.49. The van der Waals surface area contributed by atoms with E-state index < -0.39 is 11.6 Å². The Balaban J connectivity index is 2.18. The van der Waals surface area contributed by atoms with Gasteiger partial charge in [-0.1, -0.05) is 12.8 Å². The Labute approximate surface area is 92.2 Å². The highest BCUT2D eigenvalue weighted by atomic mass is 19.1. The molecule has 4 N–H and O–H groups in total. The molecule has 1 aromatic rings. The zero-order valence-electron chi connectivity index (χ0n) is 8.76. The van der Waals surface area contributed by atoms with Crippen LogP contribution >= 0.6 is 0 Å². The smallest absolute Gasteiger partial charge is 0.178 e. The molecule has 4 nitrogen and oxygen atoms in total. The van der Waals surface area contributed by atoms with Gasteiger partial charge in [0.2, 0.25) is 0 Å². The second-order valence-electron chi connectivity index (χ2n) is 3.92. The van der Waals surface area contributed by atoms with E-state index in [-0.39, 0.29) is 17.7 Å². The van der Waals surface area contributed by atoms with Crippen LogP contribution in [-0.2, 0) is 0 Å². The Morgan fingerprint density at radius 3 is 2.44 bits per heavy atom. The molecule has 1 aromatic heterocycles. The van der Waals surface area contributed by atoms with E-state index >= 15 is 0 Å². The lowest BCUT2D eigenvalue weighted by atomic mass is 10.2. The molecule has 0 amide bonds. The normalized spacial score (nSPS) is 16.4. The van der Waals surface area contributed by atoms with Crippen LogP contribution in [0.3, 0.4) is 0 Å². The van der Waals surface area contributed by atoms with Crippen LogP contribution < -0.4 is 16.6 Å². The van der Waals surface area contributed by atoms with Gasteiger partial charge < -0.3 is 10.7 Å². The first kappa shape index (κ1) is 11.1. The fourth-order valence-electron chi connectivity index (χ4n) is 1.93. The highest BCUT2D eigenvalue weighted by Gasteiger charge is 2.18. The SMILES string of the molecule is NNc1nc(NC2CCCC2)c(F)cc1F. The number of hydrogen-bond donors (Lipinski definition) is 3. The van der Waals surface area contributed by atoms with Gasteiger partial charge in [-0.3, -0.25) is 0 Å². The minimum atomic E-state index is -0.794. The third kappa shape index (κ3) is 2.21. The second-order valence-corrected chi connectivity index (χ2v) is 3.92. The van der Waals surface area contributed by atoms with E-state index in [4.69, 9.17) is 5.84 Å². The van der Waals surface area contributed by atoms with Gasteiger partial charge in [0, 0.05) is 12.1 Å². The predicted octanol–water partition coefficient (Wildman–Crippen LogP) is 2.00. The Kier molecular flexibility index (Phi) is 3.19. The highest BCUT2D eigenvalue weighted by Crippen LogP contribution is 2.24. The molecule has 1 heterocycles. The van der Waals surface area contributed by atoms with Crippen molar-refractivity contribution in [1.29, 1.82) is 0 Å². The Morgan fingerprint density at radius 2 is 1.81 bits per heavy atom. The Hall–Kier alpha value is -1.43. The van der Waals surface area contributed by atoms with E-state index in [1.807, 2.05) is 0 Å². The number of nitrogens with two attached hydrogens (primary N) is 1. The standard InChI is InChI=1S/C10H14F2N4/c11-7-5-8(12)10(16-13)15-9(7)14-6-3-1-2-4-6/h5-6H,1-4,13H2,(H2,14,15,16). The van der Waals surface area contributed by atoms with E-state index in [1.165, 1.54) is 0 Å². The van der Waals surface area contributed by atoms with E-state index in [0.29, 0.717) is 0 Å². The van der Waals surface area contributed by atoms with Crippen LogP contribution in [0.4, 0.5) is 20.4 Å². The van der Waals surface area contributed by atoms with E-state index in [1.54, 1.807) is 0 Å². The number of aromatic nitrogens is 1. The van der Waals surface area contributed by atoms with Crippen LogP contribution in [0.1, 0.15) is 25.7 Å². The van der Waals surface area contributed by atoms with Gasteiger partial charge in [-0.15, -0.1) is 0 Å². The van der Waals surface area contributed by atoms with E-state index in [0.717, 1.165) is 31.7 Å². The molecule has 2 rings (SSSR count). The molecule has 0 unspecified atom stereocenters. The largest absolute Gasteiger partial charge is 0.365 e. The average molecular weight is 228 g/mol. The lowest BCUT2D eigenvalue weighted by Crippen LogP contribution is -2.19. The van der Waals surface area contributed by atoms with Crippen LogP contribution in [-0.4, -0.2) is 11.0 Å². The summed E-state index contributed by atoms with van der Waals surface area (Å²) in [5.41, 5.74) is 2.09. The molecule has 0 aliphatic heterocycles. The average Bonchev–Trinajstić information content (AvgIpc) is 2.75. The molecule has 88 valence electrons. The summed E-state index contributed by atoms with van der Waals surface area (Å²) in [7, 11) is 0. The molecule has 0 radical (unpaired) electrons. The van der Waals surface area contributed by atoms with Gasteiger partial charge in [0.05, 0.1) is 0 Å². The summed E-state index contributed by atoms with van der Waals surface area (Å²) in [4.78, 5) is 3.76. The lowest BCUT2D eigenvalue weighted by Gasteiger charge is -2.14. The number of hydrogen-bond acceptors (Lipinski definition) is 4. The van der Waals surface area contributed by atoms with Gasteiger partial charge in [-0.25, -0.2) is 19.6 Å². The van der Waals surface area contributed by atoms with Crippen molar-refractivity contribution in [3.63, 3.8) is 0 Å². The van der Waals surface area contributed by atoms with Crippen molar-refractivity contribution < 1.29 is 8.78 Å². The highest BCUT2D eigenvalue weighted by molar-refractivity contribution is 5.47. The fourth-order valence-corrected chi connectivity index (χ4v) is 1.93. The summed E-state index contributed by atoms with van der Waals surface area (Å²) >= 11 is 0. The van der Waals surface area contributed by atoms with Crippen molar-refractivity contribution in [3.05, 3.63) is 17.7 Å². The molecule has 0 spiro atoms. The molecule has 0 aromatic carbocycles. The summed E-state index contributed by atoms with van der Waals surface area (Å²) in [6.07, 6.45) is 4.23. The number of rotatable bonds is 3. The predicted molar refractivity (Wildman–Crippen MR) is 57.8 cm³/mol. The second kappa shape index (κ2) is 4.61. The Morgan fingerprint density at radius 1 is 1.19 bits per heavy atom. The van der Waals surface area contributed by atoms with Crippen LogP contribution in [0.2, 0.25) is 0 Å². The molecule has 0 atom stereocenters. The quantitative estimate of drug-likeness (QED) is 0.547. The first-order valence-electron chi connectivity index (χ1n) is 5.30. The van der Waals surface area contributed by atoms with Crippen molar-refractivity contribution in [3.8, 4) is 0 Å². The number of hydrazine groups is 1. The van der Waals surface area contributed by atoms with Crippen LogP contribution in [0.25, 0.3) is 0 Å². The number of nitrogens with one attached hydrogen (secondary N) is 2. The number of nitrogens with zero attached hydrogens (tertiary/aromatic N) is 1. The van der Waals surface area contributed by atoms with Crippen molar-refractivity contribution >= 4 is 11.6 Å². The summed E-state index contributed by atoms with van der Waals surface area (Å²) in [6, 6.07) is 0.998. The fraction of sp³-hybridized carbons (Fsp3) is 0.500. The van der Waals surface area contributed by atoms with Gasteiger partial charge in [0.25, 0.3) is 0 Å². The van der Waals surface area contributed by atoms with Gasteiger partial charge in [-0.05, 0) is 12.8 Å². The van der Waals surface area contributed by atoms with Crippen molar-refractivity contribution in [2.45, 2.75) is 31.7 Å². The van der Waals surface area contributed by atoms with Crippen LogP contribution in [0.15, 0.2) is 6.07 Å². The van der Waals surface area contributed by atoms with Gasteiger partial charge >= 0.3 is 0 Å². The van der Waals surface area contributed by atoms with E-state index in [2.05, 4.69) is 15.7 Å². The molecule has 1 aliphatic carbocycles. The number of nitrogen functional groups attached to an aromatic ring is 1. The molecule has 1 fully saturated rings. The third-order valence-electron chi connectivity index (χ3n) is 2.76. The number of anilines is 2. The maximum absolute atomic E-state index is 13.4. The summed E-state index contributed by atoms with van der Waals surface area (Å²) < 4.78 is 26.5. The van der Waals surface area contributed by atoms with Crippen LogP contribution in [0, 0.1) is 11.6 Å². The molecular formula is C10H14F2N4. The van der Waals surface area contributed by atoms with Gasteiger partial charge in [-0.2, -0.15) is 0 Å². The molecule has 0 saturated heterocycles. The topological polar surface area (TPSA) is 63.0 Å². The third-order valence-corrected chi connectivity index (χ3v) is 2.76. The minimum Gasteiger partial charge on any atom is -0.365 e. The Bertz CT molecular complexity index is 377. The number of pyridine rings is 1. The number of halogens is 2. The van der Waals surface area contributed by atoms with Crippen LogP contribution in [0.5, 0.6) is 0 Å². The van der Waals surface area contributed by atoms with Gasteiger partial charge in [0.1, 0.15) is 0 Å². The zero-order valence-corrected chi connectivity index (χ0v) is 8.76. The van der Waals surface area contributed by atoms with Gasteiger partial charge in [0.15, 0.2) is 23.3 Å². The zero-order chi connectivity index (χ0) is 11.5. The van der Waals surface area contributed by atoms with E-state index in [9.17, 15) is 8.78 Å². The first-order valence-corrected chi connectivity index (χ1v) is 5.30. The van der Waals surface area contributed by atoms with Crippen molar-refractivity contribution in [2.24, 2.45) is 5.84 Å². The van der Waals surface area contributed by atoms with Crippen molar-refractivity contribution in [1.82, 2.24) is 4.98 Å². The maximum Gasteiger partial charge on any atom is 0.178 e. The maximum atomic E-state index is 13.4. The molecular weight excluding hydrogens is 214 g/mol. The molecule has 1 saturated carbocycles. The monoisotopic (exact) mass is 228 g/mol. The molecule has 6 heteroatoms. The first-order chi connectivity index (χ1) is 7.70. The minimum absolute atomic E-state index is 0.0567. The molecule has 16 heavy (non-hydrogen) atoms. The van der Waals surface area contributed by atoms with Crippen molar-refractivity contribution in [2.75, 3.05) is 10.7 Å². The lowest BCUT2D eigenvalue weighted by molar-refractivity contribution is 0.575. The summed E-state index contributed by atoms with van der Waals surface area (Å²) in [6.45, 7) is 0.